The average Bonchev–Trinajstić information content (AvgIpc) is 2.82. The van der Waals surface area contributed by atoms with Crippen LogP contribution in [-0.2, 0) is 0 Å². The minimum absolute atomic E-state index is 0.317. The molecule has 0 aliphatic carbocycles. The van der Waals surface area contributed by atoms with Crippen LogP contribution in [-0.4, -0.2) is 27.2 Å². The Labute approximate surface area is 98.1 Å². The van der Waals surface area contributed by atoms with Gasteiger partial charge in [-0.2, -0.15) is 5.10 Å². The summed E-state index contributed by atoms with van der Waals surface area (Å²) >= 11 is 1.46. The van der Waals surface area contributed by atoms with E-state index in [-0.39, 0.29) is 0 Å². The molecule has 0 aliphatic rings. The minimum Gasteiger partial charge on any atom is -0.313 e. The van der Waals surface area contributed by atoms with Gasteiger partial charge in [-0.05, 0) is 37.4 Å². The third kappa shape index (κ3) is 2.59. The first-order valence-corrected chi connectivity index (χ1v) is 5.77. The smallest absolute Gasteiger partial charge is 0.189 e. The standard InChI is InChI=1S/C10H13N5S/c1-7(11-2)8-3-4-9(12-5-8)16-10-13-6-14-15-10/h3-7,11H,1-2H3,(H,13,14,15). The lowest BCUT2D eigenvalue weighted by Gasteiger charge is -2.09. The minimum atomic E-state index is 0.317. The zero-order valence-electron chi connectivity index (χ0n) is 9.14. The monoisotopic (exact) mass is 235 g/mol. The summed E-state index contributed by atoms with van der Waals surface area (Å²) in [7, 11) is 1.93. The van der Waals surface area contributed by atoms with Crippen LogP contribution in [0.1, 0.15) is 18.5 Å². The molecule has 0 radical (unpaired) electrons. The van der Waals surface area contributed by atoms with Gasteiger partial charge in [-0.3, -0.25) is 5.10 Å². The Bertz CT molecular complexity index is 425. The van der Waals surface area contributed by atoms with Crippen molar-refractivity contribution in [3.63, 3.8) is 0 Å². The van der Waals surface area contributed by atoms with E-state index < -0.39 is 0 Å². The fourth-order valence-corrected chi connectivity index (χ4v) is 1.86. The molecule has 6 heteroatoms. The summed E-state index contributed by atoms with van der Waals surface area (Å²) in [5.41, 5.74) is 1.17. The molecule has 0 fully saturated rings. The van der Waals surface area contributed by atoms with Crippen LogP contribution in [0.4, 0.5) is 0 Å². The van der Waals surface area contributed by atoms with Crippen molar-refractivity contribution < 1.29 is 0 Å². The van der Waals surface area contributed by atoms with E-state index in [0.717, 1.165) is 10.2 Å². The lowest BCUT2D eigenvalue weighted by atomic mass is 10.1. The molecule has 2 N–H and O–H groups in total. The third-order valence-corrected chi connectivity index (χ3v) is 3.13. The second kappa shape index (κ2) is 5.09. The van der Waals surface area contributed by atoms with Gasteiger partial charge >= 0.3 is 0 Å². The molecule has 0 saturated carbocycles. The van der Waals surface area contributed by atoms with E-state index >= 15 is 0 Å². The molecule has 0 aliphatic heterocycles. The van der Waals surface area contributed by atoms with Gasteiger partial charge in [0.25, 0.3) is 0 Å². The Morgan fingerprint density at radius 3 is 2.81 bits per heavy atom. The number of hydrogen-bond acceptors (Lipinski definition) is 5. The molecule has 1 atom stereocenters. The molecular formula is C10H13N5S. The summed E-state index contributed by atoms with van der Waals surface area (Å²) in [6.07, 6.45) is 3.36. The third-order valence-electron chi connectivity index (χ3n) is 2.29. The predicted molar refractivity (Wildman–Crippen MR) is 62.2 cm³/mol. The summed E-state index contributed by atoms with van der Waals surface area (Å²) in [6, 6.07) is 4.36. The van der Waals surface area contributed by atoms with Gasteiger partial charge < -0.3 is 5.32 Å². The molecule has 2 aromatic heterocycles. The number of aromatic amines is 1. The first kappa shape index (κ1) is 11.1. The van der Waals surface area contributed by atoms with E-state index in [1.165, 1.54) is 23.7 Å². The second-order valence-corrected chi connectivity index (χ2v) is 4.34. The maximum Gasteiger partial charge on any atom is 0.189 e. The number of H-pyrrole nitrogens is 1. The molecule has 84 valence electrons. The van der Waals surface area contributed by atoms with E-state index in [1.54, 1.807) is 0 Å². The van der Waals surface area contributed by atoms with Crippen LogP contribution in [0.5, 0.6) is 0 Å². The van der Waals surface area contributed by atoms with Gasteiger partial charge in [0.1, 0.15) is 11.4 Å². The number of nitrogens with one attached hydrogen (secondary N) is 2. The van der Waals surface area contributed by atoms with Crippen molar-refractivity contribution in [3.05, 3.63) is 30.2 Å². The van der Waals surface area contributed by atoms with Crippen molar-refractivity contribution in [3.8, 4) is 0 Å². The lowest BCUT2D eigenvalue weighted by Crippen LogP contribution is -2.12. The maximum atomic E-state index is 4.36. The zero-order chi connectivity index (χ0) is 11.4. The van der Waals surface area contributed by atoms with E-state index in [4.69, 9.17) is 0 Å². The van der Waals surface area contributed by atoms with Crippen molar-refractivity contribution in [1.82, 2.24) is 25.5 Å². The molecule has 0 amide bonds. The molecule has 2 aromatic rings. The van der Waals surface area contributed by atoms with Gasteiger partial charge in [-0.1, -0.05) is 6.07 Å². The van der Waals surface area contributed by atoms with Gasteiger partial charge in [0.15, 0.2) is 5.16 Å². The van der Waals surface area contributed by atoms with Crippen molar-refractivity contribution in [2.75, 3.05) is 7.05 Å². The average molecular weight is 235 g/mol. The van der Waals surface area contributed by atoms with Crippen LogP contribution in [0.3, 0.4) is 0 Å². The fourth-order valence-electron chi connectivity index (χ4n) is 1.22. The van der Waals surface area contributed by atoms with Gasteiger partial charge in [-0.25, -0.2) is 9.97 Å². The highest BCUT2D eigenvalue weighted by Gasteiger charge is 2.04. The molecule has 0 saturated heterocycles. The lowest BCUT2D eigenvalue weighted by molar-refractivity contribution is 0.648. The molecule has 16 heavy (non-hydrogen) atoms. The van der Waals surface area contributed by atoms with Crippen LogP contribution in [0.2, 0.25) is 0 Å². The van der Waals surface area contributed by atoms with Crippen molar-refractivity contribution >= 4 is 11.8 Å². The molecular weight excluding hydrogens is 222 g/mol. The summed E-state index contributed by atoms with van der Waals surface area (Å²) in [5, 5.41) is 11.4. The van der Waals surface area contributed by atoms with Crippen LogP contribution in [0.25, 0.3) is 0 Å². The topological polar surface area (TPSA) is 66.5 Å². The van der Waals surface area contributed by atoms with Crippen molar-refractivity contribution in [1.29, 1.82) is 0 Å². The zero-order valence-corrected chi connectivity index (χ0v) is 9.95. The quantitative estimate of drug-likeness (QED) is 0.843. The maximum absolute atomic E-state index is 4.36. The summed E-state index contributed by atoms with van der Waals surface area (Å²) in [4.78, 5) is 8.39. The molecule has 1 unspecified atom stereocenters. The van der Waals surface area contributed by atoms with Crippen molar-refractivity contribution in [2.45, 2.75) is 23.1 Å². The van der Waals surface area contributed by atoms with E-state index in [9.17, 15) is 0 Å². The highest BCUT2D eigenvalue weighted by molar-refractivity contribution is 7.99. The summed E-state index contributed by atoms with van der Waals surface area (Å²) < 4.78 is 0. The number of aromatic nitrogens is 4. The summed E-state index contributed by atoms with van der Waals surface area (Å²) in [5.74, 6) is 0. The summed E-state index contributed by atoms with van der Waals surface area (Å²) in [6.45, 7) is 2.10. The largest absolute Gasteiger partial charge is 0.313 e. The molecule has 2 heterocycles. The Morgan fingerprint density at radius 1 is 1.38 bits per heavy atom. The Hall–Kier alpha value is -1.40. The van der Waals surface area contributed by atoms with Crippen LogP contribution < -0.4 is 5.32 Å². The van der Waals surface area contributed by atoms with Gasteiger partial charge in [0.05, 0.1) is 0 Å². The van der Waals surface area contributed by atoms with Gasteiger partial charge in [0, 0.05) is 12.2 Å². The van der Waals surface area contributed by atoms with Gasteiger partial charge in [0.2, 0.25) is 0 Å². The first-order valence-electron chi connectivity index (χ1n) is 4.96. The van der Waals surface area contributed by atoms with Crippen molar-refractivity contribution in [2.24, 2.45) is 0 Å². The van der Waals surface area contributed by atoms with Crippen LogP contribution >= 0.6 is 11.8 Å². The Morgan fingerprint density at radius 2 is 2.25 bits per heavy atom. The second-order valence-electron chi connectivity index (χ2n) is 3.33. The predicted octanol–water partition coefficient (Wildman–Crippen LogP) is 1.63. The number of hydrogen-bond donors (Lipinski definition) is 2. The SMILES string of the molecule is CNC(C)c1ccc(Sc2ncn[nH]2)nc1. The van der Waals surface area contributed by atoms with Crippen LogP contribution in [0.15, 0.2) is 34.8 Å². The van der Waals surface area contributed by atoms with Crippen LogP contribution in [0, 0.1) is 0 Å². The molecule has 0 aromatic carbocycles. The normalized spacial score (nSPS) is 12.6. The molecule has 5 nitrogen and oxygen atoms in total. The highest BCUT2D eigenvalue weighted by atomic mass is 32.2. The number of pyridine rings is 1. The Balaban J connectivity index is 2.07. The highest BCUT2D eigenvalue weighted by Crippen LogP contribution is 2.22. The molecule has 0 bridgehead atoms. The van der Waals surface area contributed by atoms with E-state index in [2.05, 4.69) is 38.5 Å². The van der Waals surface area contributed by atoms with E-state index in [1.807, 2.05) is 19.3 Å². The van der Waals surface area contributed by atoms with Gasteiger partial charge in [-0.15, -0.1) is 0 Å². The number of nitrogens with zero attached hydrogens (tertiary/aromatic N) is 3. The fraction of sp³-hybridized carbons (Fsp3) is 0.300. The Kier molecular flexibility index (Phi) is 3.53. The first-order chi connectivity index (χ1) is 7.79. The van der Waals surface area contributed by atoms with E-state index in [0.29, 0.717) is 6.04 Å². The number of rotatable bonds is 4. The molecule has 2 rings (SSSR count). The molecule has 0 spiro atoms.